The number of rotatable bonds is 7. The van der Waals surface area contributed by atoms with Gasteiger partial charge in [0.1, 0.15) is 16.9 Å². The quantitative estimate of drug-likeness (QED) is 0.340. The number of nitriles is 1. The van der Waals surface area contributed by atoms with Gasteiger partial charge < -0.3 is 16.2 Å². The molecule has 0 fully saturated rings. The Bertz CT molecular complexity index is 1030. The molecule has 0 saturated carbocycles. The molecule has 0 bridgehead atoms. The van der Waals surface area contributed by atoms with Crippen molar-refractivity contribution < 1.29 is 9.53 Å². The maximum Gasteiger partial charge on any atom is 0.231 e. The highest BCUT2D eigenvalue weighted by Crippen LogP contribution is 2.30. The molecule has 3 rings (SSSR count). The van der Waals surface area contributed by atoms with Gasteiger partial charge in [0.2, 0.25) is 5.91 Å². The molecule has 8 heteroatoms. The van der Waals surface area contributed by atoms with Crippen LogP contribution in [-0.2, 0) is 23.4 Å². The van der Waals surface area contributed by atoms with Gasteiger partial charge in [0, 0.05) is 18.0 Å². The number of benzene rings is 2. The van der Waals surface area contributed by atoms with E-state index in [1.54, 1.807) is 11.8 Å². The van der Waals surface area contributed by atoms with E-state index in [2.05, 4.69) is 46.9 Å². The third kappa shape index (κ3) is 9.00. The van der Waals surface area contributed by atoms with Gasteiger partial charge in [-0.1, -0.05) is 43.8 Å². The summed E-state index contributed by atoms with van der Waals surface area (Å²) in [7, 11) is 0. The molecule has 0 heterocycles. The zero-order valence-corrected chi connectivity index (χ0v) is 21.3. The van der Waals surface area contributed by atoms with Crippen LogP contribution in [0, 0.1) is 11.3 Å². The van der Waals surface area contributed by atoms with Crippen molar-refractivity contribution >= 4 is 29.4 Å². The third-order valence-corrected chi connectivity index (χ3v) is 5.73. The van der Waals surface area contributed by atoms with E-state index in [9.17, 15) is 10.1 Å². The van der Waals surface area contributed by atoms with Crippen molar-refractivity contribution in [2.24, 2.45) is 21.7 Å². The number of nitrogens with zero attached hydrogens (tertiary/aromatic N) is 3. The second-order valence-corrected chi connectivity index (χ2v) is 8.37. The lowest BCUT2D eigenvalue weighted by molar-refractivity contribution is -0.116. The van der Waals surface area contributed by atoms with E-state index in [0.29, 0.717) is 11.3 Å². The first-order valence-corrected chi connectivity index (χ1v) is 12.3. The summed E-state index contributed by atoms with van der Waals surface area (Å²) in [5.74, 6) is 0.946. The van der Waals surface area contributed by atoms with Crippen molar-refractivity contribution in [1.29, 1.82) is 5.26 Å². The molecular formula is C26H35N5O2S. The molecule has 1 amide bonds. The number of amides is 1. The van der Waals surface area contributed by atoms with Crippen LogP contribution in [-0.4, -0.2) is 30.3 Å². The average Bonchev–Trinajstić information content (AvgIpc) is 3.33. The van der Waals surface area contributed by atoms with Crippen LogP contribution in [0.4, 0.5) is 0 Å². The maximum atomic E-state index is 9.47. The summed E-state index contributed by atoms with van der Waals surface area (Å²) in [5, 5.41) is 18.2. The first-order chi connectivity index (χ1) is 16.4. The molecule has 0 aliphatic heterocycles. The van der Waals surface area contributed by atoms with Crippen LogP contribution in [0.15, 0.2) is 46.6 Å². The van der Waals surface area contributed by atoms with Crippen LogP contribution in [0.25, 0.3) is 0 Å². The van der Waals surface area contributed by atoms with Crippen LogP contribution < -0.4 is 16.2 Å². The molecule has 2 aromatic carbocycles. The van der Waals surface area contributed by atoms with Crippen molar-refractivity contribution in [3.8, 4) is 11.8 Å². The molecule has 34 heavy (non-hydrogen) atoms. The molecule has 1 aliphatic carbocycles. The molecular weight excluding hydrogens is 446 g/mol. The summed E-state index contributed by atoms with van der Waals surface area (Å²) in [6, 6.07) is 14.3. The Hall–Kier alpha value is -3.15. The van der Waals surface area contributed by atoms with E-state index in [1.165, 1.54) is 29.5 Å². The molecule has 0 saturated heterocycles. The number of hydrogen-bond acceptors (Lipinski definition) is 7. The molecule has 0 unspecified atom stereocenters. The lowest BCUT2D eigenvalue weighted by Gasteiger charge is -2.13. The topological polar surface area (TPSA) is 127 Å². The van der Waals surface area contributed by atoms with Gasteiger partial charge in [-0.25, -0.2) is 0 Å². The number of aryl methyl sites for hydroxylation is 1. The summed E-state index contributed by atoms with van der Waals surface area (Å²) >= 11 is 1.62. The monoisotopic (exact) mass is 481 g/mol. The maximum absolute atomic E-state index is 9.47. The van der Waals surface area contributed by atoms with Gasteiger partial charge in [0.15, 0.2) is 0 Å². The molecule has 1 aliphatic rings. The highest BCUT2D eigenvalue weighted by Gasteiger charge is 2.16. The van der Waals surface area contributed by atoms with Gasteiger partial charge in [-0.3, -0.25) is 4.79 Å². The minimum absolute atomic E-state index is 0.0143. The number of ether oxygens (including phenoxy) is 1. The number of fused-ring (bicyclic) bond motifs is 1. The number of thioether (sulfide) groups is 1. The molecule has 2 aromatic rings. The molecule has 0 spiro atoms. The lowest BCUT2D eigenvalue weighted by Crippen LogP contribution is -2.21. The van der Waals surface area contributed by atoms with E-state index in [-0.39, 0.29) is 12.6 Å². The predicted molar refractivity (Wildman–Crippen MR) is 142 cm³/mol. The van der Waals surface area contributed by atoms with Crippen LogP contribution >= 0.6 is 11.8 Å². The van der Waals surface area contributed by atoms with Crippen LogP contribution in [0.1, 0.15) is 61.9 Å². The summed E-state index contributed by atoms with van der Waals surface area (Å²) in [6.07, 6.45) is 3.57. The Morgan fingerprint density at radius 2 is 1.97 bits per heavy atom. The third-order valence-electron chi connectivity index (χ3n) is 4.68. The minimum Gasteiger partial charge on any atom is -0.490 e. The van der Waals surface area contributed by atoms with Gasteiger partial charge >= 0.3 is 0 Å². The van der Waals surface area contributed by atoms with Gasteiger partial charge in [-0.15, -0.1) is 5.10 Å². The molecule has 0 aromatic heterocycles. The molecule has 7 nitrogen and oxygen atoms in total. The second kappa shape index (κ2) is 15.6. The zero-order valence-electron chi connectivity index (χ0n) is 20.5. The van der Waals surface area contributed by atoms with E-state index in [0.717, 1.165) is 22.8 Å². The number of carbonyl (C=O) groups is 1. The minimum atomic E-state index is -0.468. The highest BCUT2D eigenvalue weighted by molar-refractivity contribution is 8.13. The lowest BCUT2D eigenvalue weighted by atomic mass is 10.1. The van der Waals surface area contributed by atoms with Crippen molar-refractivity contribution in [3.05, 3.63) is 64.2 Å². The van der Waals surface area contributed by atoms with Gasteiger partial charge in [0.25, 0.3) is 0 Å². The number of primary amides is 1. The second-order valence-electron chi connectivity index (χ2n) is 7.40. The fraction of sp³-hybridized carbons (Fsp3) is 0.385. The largest absolute Gasteiger partial charge is 0.490 e. The Balaban J connectivity index is 0.000000733. The SMILES string of the molecule is C=N/N=C(\SCc1cccc2c1CCC2)c1ccc(OC(C)C)c(C#N)c1.CC.NCC(N)=O. The summed E-state index contributed by atoms with van der Waals surface area (Å²) in [5.41, 5.74) is 14.9. The van der Waals surface area contributed by atoms with E-state index >= 15 is 0 Å². The smallest absolute Gasteiger partial charge is 0.231 e. The summed E-state index contributed by atoms with van der Waals surface area (Å²) < 4.78 is 5.71. The summed E-state index contributed by atoms with van der Waals surface area (Å²) in [6.45, 7) is 11.3. The molecule has 182 valence electrons. The van der Waals surface area contributed by atoms with Crippen LogP contribution in [0.3, 0.4) is 0 Å². The number of carbonyl (C=O) groups excluding carboxylic acids is 1. The van der Waals surface area contributed by atoms with Crippen molar-refractivity contribution in [2.45, 2.75) is 58.8 Å². The zero-order chi connectivity index (χ0) is 25.5. The number of nitrogens with two attached hydrogens (primary N) is 2. The van der Waals surface area contributed by atoms with Gasteiger partial charge in [0.05, 0.1) is 18.2 Å². The molecule has 0 atom stereocenters. The first-order valence-electron chi connectivity index (χ1n) is 11.3. The van der Waals surface area contributed by atoms with Crippen molar-refractivity contribution in [1.82, 2.24) is 0 Å². The molecule has 0 radical (unpaired) electrons. The fourth-order valence-electron chi connectivity index (χ4n) is 3.32. The predicted octanol–water partition coefficient (Wildman–Crippen LogP) is 4.59. The molecule has 4 N–H and O–H groups in total. The Morgan fingerprint density at radius 3 is 2.56 bits per heavy atom. The van der Waals surface area contributed by atoms with E-state index in [4.69, 9.17) is 10.5 Å². The van der Waals surface area contributed by atoms with E-state index < -0.39 is 5.91 Å². The Labute approximate surface area is 207 Å². The average molecular weight is 482 g/mol. The van der Waals surface area contributed by atoms with E-state index in [1.807, 2.05) is 45.9 Å². The number of hydrogen-bond donors (Lipinski definition) is 2. The van der Waals surface area contributed by atoms with Crippen LogP contribution in [0.2, 0.25) is 0 Å². The normalized spacial score (nSPS) is 11.9. The van der Waals surface area contributed by atoms with Crippen LogP contribution in [0.5, 0.6) is 5.75 Å². The Kier molecular flexibility index (Phi) is 13.3. The summed E-state index contributed by atoms with van der Waals surface area (Å²) in [4.78, 5) is 9.47. The van der Waals surface area contributed by atoms with Gasteiger partial charge in [-0.2, -0.15) is 10.4 Å². The standard InChI is InChI=1S/C22H23N3OS.C2H6N2O.C2H6/c1-15(2)26-21-11-10-17(12-19(21)13-23)22(25-24-3)27-14-18-8-4-6-16-7-5-9-20(16)18;3-1-2(4)5;1-2/h4,6,8,10-12,15H,3,5,7,9,14H2,1-2H3;1,3H2,(H2,4,5);1-2H3/b25-22-;;. The van der Waals surface area contributed by atoms with Crippen molar-refractivity contribution in [2.75, 3.05) is 6.54 Å². The van der Waals surface area contributed by atoms with Crippen molar-refractivity contribution in [3.63, 3.8) is 0 Å². The highest BCUT2D eigenvalue weighted by atomic mass is 32.2. The first kappa shape index (κ1) is 28.9. The van der Waals surface area contributed by atoms with Gasteiger partial charge in [-0.05, 0) is 68.0 Å². The Morgan fingerprint density at radius 1 is 1.26 bits per heavy atom. The fourth-order valence-corrected chi connectivity index (χ4v) is 4.29.